The number of benzene rings is 1. The minimum absolute atomic E-state index is 0.159. The molecule has 1 aromatic carbocycles. The molecule has 0 atom stereocenters. The lowest BCUT2D eigenvalue weighted by atomic mass is 10.2. The highest BCUT2D eigenvalue weighted by molar-refractivity contribution is 7.86. The van der Waals surface area contributed by atoms with Crippen molar-refractivity contribution in [3.8, 4) is 0 Å². The van der Waals surface area contributed by atoms with E-state index < -0.39 is 15.0 Å². The molecule has 1 N–H and O–H groups in total. The van der Waals surface area contributed by atoms with Crippen molar-refractivity contribution in [2.75, 3.05) is 5.01 Å². The standard InChI is InChI=1S/C11H11ClN2O4S/c1-2-7-5-11(15)14(13-7)8-3-4-10(9(12)6-8)19(16,17)18/h3-4,6H,2,5H2,1H3,(H,16,17,18). The summed E-state index contributed by atoms with van der Waals surface area (Å²) in [5.74, 6) is -0.201. The molecule has 0 radical (unpaired) electrons. The summed E-state index contributed by atoms with van der Waals surface area (Å²) in [6, 6.07) is 3.79. The maximum Gasteiger partial charge on any atom is 0.296 e. The summed E-state index contributed by atoms with van der Waals surface area (Å²) in [7, 11) is -4.37. The molecule has 19 heavy (non-hydrogen) atoms. The largest absolute Gasteiger partial charge is 0.296 e. The molecule has 1 amide bonds. The van der Waals surface area contributed by atoms with Crippen LogP contribution in [0.5, 0.6) is 0 Å². The zero-order chi connectivity index (χ0) is 14.2. The third-order valence-corrected chi connectivity index (χ3v) is 4.02. The Hall–Kier alpha value is -1.44. The molecular formula is C11H11ClN2O4S. The van der Waals surface area contributed by atoms with E-state index in [-0.39, 0.29) is 17.4 Å². The number of nitrogens with zero attached hydrogens (tertiary/aromatic N) is 2. The lowest BCUT2D eigenvalue weighted by Gasteiger charge is -2.12. The summed E-state index contributed by atoms with van der Waals surface area (Å²) in [5, 5.41) is 5.14. The van der Waals surface area contributed by atoms with Gasteiger partial charge in [0.2, 0.25) is 0 Å². The van der Waals surface area contributed by atoms with Crippen molar-refractivity contribution < 1.29 is 17.8 Å². The van der Waals surface area contributed by atoms with E-state index in [4.69, 9.17) is 16.2 Å². The Morgan fingerprint density at radius 2 is 2.16 bits per heavy atom. The molecule has 0 saturated carbocycles. The topological polar surface area (TPSA) is 87.0 Å². The summed E-state index contributed by atoms with van der Waals surface area (Å²) in [5.41, 5.74) is 1.12. The molecular weight excluding hydrogens is 292 g/mol. The van der Waals surface area contributed by atoms with Crippen molar-refractivity contribution >= 4 is 39.0 Å². The van der Waals surface area contributed by atoms with Crippen LogP contribution in [-0.4, -0.2) is 24.6 Å². The van der Waals surface area contributed by atoms with Crippen LogP contribution >= 0.6 is 11.6 Å². The minimum atomic E-state index is -4.37. The van der Waals surface area contributed by atoms with Gasteiger partial charge in [-0.1, -0.05) is 18.5 Å². The molecule has 1 aliphatic rings. The molecule has 0 unspecified atom stereocenters. The van der Waals surface area contributed by atoms with Gasteiger partial charge in [-0.3, -0.25) is 9.35 Å². The smallest absolute Gasteiger partial charge is 0.282 e. The van der Waals surface area contributed by atoms with Gasteiger partial charge in [0, 0.05) is 5.71 Å². The number of hydrazone groups is 1. The first kappa shape index (κ1) is 14.0. The van der Waals surface area contributed by atoms with Gasteiger partial charge in [-0.05, 0) is 24.6 Å². The molecule has 8 heteroatoms. The fraction of sp³-hybridized carbons (Fsp3) is 0.273. The van der Waals surface area contributed by atoms with Gasteiger partial charge in [-0.2, -0.15) is 13.5 Å². The van der Waals surface area contributed by atoms with E-state index in [1.165, 1.54) is 17.1 Å². The highest BCUT2D eigenvalue weighted by Gasteiger charge is 2.25. The van der Waals surface area contributed by atoms with Crippen molar-refractivity contribution in [1.82, 2.24) is 0 Å². The number of hydrogen-bond acceptors (Lipinski definition) is 4. The molecule has 1 aliphatic heterocycles. The van der Waals surface area contributed by atoms with Crippen molar-refractivity contribution in [2.45, 2.75) is 24.7 Å². The number of anilines is 1. The summed E-state index contributed by atoms with van der Waals surface area (Å²) < 4.78 is 31.0. The average molecular weight is 303 g/mol. The Labute approximate surface area is 115 Å². The molecule has 0 bridgehead atoms. The fourth-order valence-electron chi connectivity index (χ4n) is 1.71. The van der Waals surface area contributed by atoms with Crippen molar-refractivity contribution in [1.29, 1.82) is 0 Å². The lowest BCUT2D eigenvalue weighted by Crippen LogP contribution is -2.19. The second-order valence-electron chi connectivity index (χ2n) is 3.99. The molecule has 0 saturated heterocycles. The SMILES string of the molecule is CCC1=NN(c2ccc(S(=O)(=O)O)c(Cl)c2)C(=O)C1. The highest BCUT2D eigenvalue weighted by atomic mass is 35.5. The van der Waals surface area contributed by atoms with E-state index in [1.807, 2.05) is 6.92 Å². The van der Waals surface area contributed by atoms with E-state index in [2.05, 4.69) is 5.10 Å². The first-order chi connectivity index (χ1) is 8.82. The molecule has 2 rings (SSSR count). The van der Waals surface area contributed by atoms with Gasteiger partial charge in [0.15, 0.2) is 0 Å². The second kappa shape index (κ2) is 4.92. The molecule has 1 heterocycles. The number of carbonyl (C=O) groups is 1. The van der Waals surface area contributed by atoms with Crippen LogP contribution in [0, 0.1) is 0 Å². The van der Waals surface area contributed by atoms with Gasteiger partial charge < -0.3 is 0 Å². The molecule has 102 valence electrons. The van der Waals surface area contributed by atoms with E-state index in [1.54, 1.807) is 0 Å². The van der Waals surface area contributed by atoms with Crippen LogP contribution in [0.2, 0.25) is 5.02 Å². The van der Waals surface area contributed by atoms with Gasteiger partial charge in [0.1, 0.15) is 4.90 Å². The van der Waals surface area contributed by atoms with Crippen LogP contribution in [0.25, 0.3) is 0 Å². The molecule has 0 fully saturated rings. The third kappa shape index (κ3) is 2.78. The molecule has 0 aromatic heterocycles. The number of rotatable bonds is 3. The normalized spacial score (nSPS) is 15.8. The number of amides is 1. The van der Waals surface area contributed by atoms with E-state index >= 15 is 0 Å². The predicted octanol–water partition coefficient (Wildman–Crippen LogP) is 2.09. The van der Waals surface area contributed by atoms with Crippen LogP contribution in [-0.2, 0) is 14.9 Å². The van der Waals surface area contributed by atoms with Crippen LogP contribution in [0.3, 0.4) is 0 Å². The van der Waals surface area contributed by atoms with Crippen LogP contribution in [0.15, 0.2) is 28.2 Å². The van der Waals surface area contributed by atoms with E-state index in [9.17, 15) is 13.2 Å². The van der Waals surface area contributed by atoms with Gasteiger partial charge in [-0.15, -0.1) is 0 Å². The summed E-state index contributed by atoms with van der Waals surface area (Å²) in [4.78, 5) is 11.3. The lowest BCUT2D eigenvalue weighted by molar-refractivity contribution is -0.116. The number of halogens is 1. The van der Waals surface area contributed by atoms with Crippen LogP contribution < -0.4 is 5.01 Å². The predicted molar refractivity (Wildman–Crippen MR) is 71.1 cm³/mol. The molecule has 1 aromatic rings. The van der Waals surface area contributed by atoms with Gasteiger partial charge in [0.05, 0.1) is 17.1 Å². The Bertz CT molecular complexity index is 669. The maximum atomic E-state index is 11.7. The van der Waals surface area contributed by atoms with Gasteiger partial charge in [-0.25, -0.2) is 5.01 Å². The zero-order valence-corrected chi connectivity index (χ0v) is 11.6. The fourth-order valence-corrected chi connectivity index (χ4v) is 2.72. The summed E-state index contributed by atoms with van der Waals surface area (Å²) >= 11 is 5.78. The summed E-state index contributed by atoms with van der Waals surface area (Å²) in [6.07, 6.45) is 0.910. The Balaban J connectivity index is 2.41. The second-order valence-corrected chi connectivity index (χ2v) is 5.79. The van der Waals surface area contributed by atoms with Gasteiger partial charge in [0.25, 0.3) is 16.0 Å². The number of carbonyl (C=O) groups excluding carboxylic acids is 1. The maximum absolute atomic E-state index is 11.7. The number of hydrogen-bond donors (Lipinski definition) is 1. The van der Waals surface area contributed by atoms with Crippen molar-refractivity contribution in [2.24, 2.45) is 5.10 Å². The monoisotopic (exact) mass is 302 g/mol. The van der Waals surface area contributed by atoms with Crippen molar-refractivity contribution in [3.63, 3.8) is 0 Å². The highest BCUT2D eigenvalue weighted by Crippen LogP contribution is 2.29. The Morgan fingerprint density at radius 1 is 1.47 bits per heavy atom. The zero-order valence-electron chi connectivity index (χ0n) is 10.00. The molecule has 0 spiro atoms. The first-order valence-corrected chi connectivity index (χ1v) is 7.31. The van der Waals surface area contributed by atoms with Crippen LogP contribution in [0.4, 0.5) is 5.69 Å². The van der Waals surface area contributed by atoms with Crippen LogP contribution in [0.1, 0.15) is 19.8 Å². The third-order valence-electron chi connectivity index (χ3n) is 2.68. The quantitative estimate of drug-likeness (QED) is 0.866. The average Bonchev–Trinajstić information content (AvgIpc) is 2.68. The summed E-state index contributed by atoms with van der Waals surface area (Å²) in [6.45, 7) is 1.89. The minimum Gasteiger partial charge on any atom is -0.282 e. The molecule has 6 nitrogen and oxygen atoms in total. The van der Waals surface area contributed by atoms with E-state index in [0.29, 0.717) is 12.1 Å². The Morgan fingerprint density at radius 3 is 2.63 bits per heavy atom. The van der Waals surface area contributed by atoms with Crippen molar-refractivity contribution in [3.05, 3.63) is 23.2 Å². The van der Waals surface area contributed by atoms with E-state index in [0.717, 1.165) is 11.8 Å². The van der Waals surface area contributed by atoms with Gasteiger partial charge >= 0.3 is 0 Å². The first-order valence-electron chi connectivity index (χ1n) is 5.49. The Kier molecular flexibility index (Phi) is 3.62. The molecule has 0 aliphatic carbocycles.